The predicted octanol–water partition coefficient (Wildman–Crippen LogP) is 8.91. The number of hydrogen-bond donors (Lipinski definition) is 0. The van der Waals surface area contributed by atoms with Crippen LogP contribution in [-0.4, -0.2) is 9.55 Å². The molecule has 4 heteroatoms. The van der Waals surface area contributed by atoms with E-state index < -0.39 is 0 Å². The van der Waals surface area contributed by atoms with Crippen molar-refractivity contribution in [2.45, 2.75) is 26.2 Å². The zero-order chi connectivity index (χ0) is 26.0. The lowest BCUT2D eigenvalue weighted by Gasteiger charge is -2.21. The number of hydrogen-bond acceptors (Lipinski definition) is 3. The molecule has 0 N–H and O–H groups in total. The normalized spacial score (nSPS) is 12.1. The lowest BCUT2D eigenvalue weighted by atomic mass is 9.83. The first-order chi connectivity index (χ1) is 18.5. The summed E-state index contributed by atoms with van der Waals surface area (Å²) in [7, 11) is 0. The smallest absolute Gasteiger partial charge is 0.160 e. The van der Waals surface area contributed by atoms with E-state index in [1.807, 2.05) is 42.5 Å². The van der Waals surface area contributed by atoms with E-state index in [9.17, 15) is 5.26 Å². The summed E-state index contributed by atoms with van der Waals surface area (Å²) in [4.78, 5) is 4.63. The summed E-state index contributed by atoms with van der Waals surface area (Å²) in [5.41, 5.74) is 7.81. The molecule has 0 unspecified atom stereocenters. The van der Waals surface area contributed by atoms with Crippen LogP contribution in [0, 0.1) is 11.3 Å². The van der Waals surface area contributed by atoms with Gasteiger partial charge in [-0.25, -0.2) is 0 Å². The van der Waals surface area contributed by atoms with E-state index in [1.165, 1.54) is 5.56 Å². The lowest BCUT2D eigenvalue weighted by molar-refractivity contribution is 0.595. The van der Waals surface area contributed by atoms with E-state index in [1.54, 1.807) is 6.20 Å². The number of benzene rings is 4. The van der Waals surface area contributed by atoms with Crippen LogP contribution in [0.15, 0.2) is 102 Å². The van der Waals surface area contributed by atoms with Gasteiger partial charge in [0.25, 0.3) is 0 Å². The molecule has 4 aromatic carbocycles. The van der Waals surface area contributed by atoms with Crippen LogP contribution in [-0.2, 0) is 5.41 Å². The standard InChI is InChI=1S/C34H25N3O/c1-34(2,3)26-18-17-24(27-12-8-9-19-36-27)32-30(26)25-16-15-21(20-35)31(33(25)38-32)37-28-13-6-4-10-22(28)23-11-5-7-14-29(23)37/h4-19H,1-3H3. The number of pyridine rings is 1. The van der Waals surface area contributed by atoms with Crippen LogP contribution < -0.4 is 0 Å². The van der Waals surface area contributed by atoms with Crippen LogP contribution in [0.5, 0.6) is 0 Å². The van der Waals surface area contributed by atoms with Crippen LogP contribution in [0.2, 0.25) is 0 Å². The molecule has 4 nitrogen and oxygen atoms in total. The minimum atomic E-state index is -0.112. The number of para-hydroxylation sites is 2. The maximum atomic E-state index is 10.3. The van der Waals surface area contributed by atoms with Gasteiger partial charge < -0.3 is 8.98 Å². The first kappa shape index (κ1) is 22.3. The topological polar surface area (TPSA) is 54.8 Å². The minimum absolute atomic E-state index is 0.112. The summed E-state index contributed by atoms with van der Waals surface area (Å²) in [6, 6.07) is 33.3. The van der Waals surface area contributed by atoms with Crippen molar-refractivity contribution in [2.24, 2.45) is 0 Å². The zero-order valence-electron chi connectivity index (χ0n) is 21.5. The molecule has 0 saturated heterocycles. The van der Waals surface area contributed by atoms with Crippen molar-refractivity contribution in [1.29, 1.82) is 5.26 Å². The number of rotatable bonds is 2. The molecule has 182 valence electrons. The fourth-order valence-electron chi connectivity index (χ4n) is 5.75. The van der Waals surface area contributed by atoms with E-state index in [2.05, 4.69) is 84.9 Å². The van der Waals surface area contributed by atoms with Gasteiger partial charge in [0.2, 0.25) is 0 Å². The number of furan rings is 1. The van der Waals surface area contributed by atoms with Crippen LogP contribution >= 0.6 is 0 Å². The second-order valence-electron chi connectivity index (χ2n) is 10.8. The Morgan fingerprint density at radius 1 is 0.737 bits per heavy atom. The highest BCUT2D eigenvalue weighted by Gasteiger charge is 2.26. The van der Waals surface area contributed by atoms with Gasteiger partial charge >= 0.3 is 0 Å². The summed E-state index contributed by atoms with van der Waals surface area (Å²) in [5.74, 6) is 0. The van der Waals surface area contributed by atoms with Gasteiger partial charge in [-0.15, -0.1) is 0 Å². The van der Waals surface area contributed by atoms with Crippen molar-refractivity contribution < 1.29 is 4.42 Å². The molecule has 7 rings (SSSR count). The molecule has 7 aromatic rings. The fraction of sp³-hybridized carbons (Fsp3) is 0.118. The zero-order valence-corrected chi connectivity index (χ0v) is 21.5. The average molecular weight is 492 g/mol. The molecule has 0 atom stereocenters. The van der Waals surface area contributed by atoms with E-state index in [4.69, 9.17) is 4.42 Å². The Hall–Kier alpha value is -4.88. The SMILES string of the molecule is CC(C)(C)c1ccc(-c2ccccn2)c2oc3c(-n4c5ccccc5c5ccccc54)c(C#N)ccc3c12. The van der Waals surface area contributed by atoms with Gasteiger partial charge in [0.15, 0.2) is 5.58 Å². The Labute approximate surface area is 220 Å². The second kappa shape index (κ2) is 8.06. The number of nitriles is 1. The predicted molar refractivity (Wildman–Crippen MR) is 155 cm³/mol. The van der Waals surface area contributed by atoms with Gasteiger partial charge in [-0.3, -0.25) is 4.98 Å². The quantitative estimate of drug-likeness (QED) is 0.243. The summed E-state index contributed by atoms with van der Waals surface area (Å²) in [6.45, 7) is 6.66. The van der Waals surface area contributed by atoms with Gasteiger partial charge in [-0.05, 0) is 53.4 Å². The van der Waals surface area contributed by atoms with Crippen molar-refractivity contribution in [3.63, 3.8) is 0 Å². The fourth-order valence-corrected chi connectivity index (χ4v) is 5.75. The van der Waals surface area contributed by atoms with Crippen molar-refractivity contribution >= 4 is 43.7 Å². The largest absolute Gasteiger partial charge is 0.453 e. The molecule has 0 saturated carbocycles. The third-order valence-corrected chi connectivity index (χ3v) is 7.44. The summed E-state index contributed by atoms with van der Waals surface area (Å²) in [6.07, 6.45) is 1.80. The molecule has 3 aromatic heterocycles. The average Bonchev–Trinajstić information content (AvgIpc) is 3.48. The number of nitrogens with zero attached hydrogens (tertiary/aromatic N) is 3. The van der Waals surface area contributed by atoms with Crippen molar-refractivity contribution in [2.75, 3.05) is 0 Å². The first-order valence-corrected chi connectivity index (χ1v) is 12.8. The highest BCUT2D eigenvalue weighted by molar-refractivity contribution is 6.16. The lowest BCUT2D eigenvalue weighted by Crippen LogP contribution is -2.11. The summed E-state index contributed by atoms with van der Waals surface area (Å²) >= 11 is 0. The van der Waals surface area contributed by atoms with Gasteiger partial charge in [-0.1, -0.05) is 69.3 Å². The molecule has 0 aliphatic carbocycles. The monoisotopic (exact) mass is 491 g/mol. The van der Waals surface area contributed by atoms with Crippen LogP contribution in [0.1, 0.15) is 31.9 Å². The number of aromatic nitrogens is 2. The molecule has 3 heterocycles. The van der Waals surface area contributed by atoms with Gasteiger partial charge in [-0.2, -0.15) is 5.26 Å². The van der Waals surface area contributed by atoms with E-state index in [-0.39, 0.29) is 5.41 Å². The maximum absolute atomic E-state index is 10.3. The van der Waals surface area contributed by atoms with Gasteiger partial charge in [0.05, 0.1) is 22.3 Å². The van der Waals surface area contributed by atoms with Crippen LogP contribution in [0.25, 0.3) is 60.7 Å². The molecule has 0 amide bonds. The van der Waals surface area contributed by atoms with Crippen molar-refractivity contribution in [3.8, 4) is 23.0 Å². The third-order valence-electron chi connectivity index (χ3n) is 7.44. The number of fused-ring (bicyclic) bond motifs is 6. The van der Waals surface area contributed by atoms with E-state index >= 15 is 0 Å². The summed E-state index contributed by atoms with van der Waals surface area (Å²) in [5, 5.41) is 14.7. The molecular weight excluding hydrogens is 466 g/mol. The first-order valence-electron chi connectivity index (χ1n) is 12.8. The molecule has 0 fully saturated rings. The Balaban J connectivity index is 1.70. The second-order valence-corrected chi connectivity index (χ2v) is 10.8. The van der Waals surface area contributed by atoms with E-state index in [0.29, 0.717) is 11.1 Å². The van der Waals surface area contributed by atoms with Crippen LogP contribution in [0.4, 0.5) is 0 Å². The molecule has 0 spiro atoms. The highest BCUT2D eigenvalue weighted by Crippen LogP contribution is 2.45. The Morgan fingerprint density at radius 3 is 2.05 bits per heavy atom. The highest BCUT2D eigenvalue weighted by atomic mass is 16.3. The third kappa shape index (κ3) is 3.12. The van der Waals surface area contributed by atoms with Crippen LogP contribution in [0.3, 0.4) is 0 Å². The Bertz CT molecular complexity index is 2010. The Kier molecular flexibility index (Phi) is 4.74. The molecule has 38 heavy (non-hydrogen) atoms. The van der Waals surface area contributed by atoms with Gasteiger partial charge in [0.1, 0.15) is 17.3 Å². The minimum Gasteiger partial charge on any atom is -0.453 e. The molecule has 0 bridgehead atoms. The van der Waals surface area contributed by atoms with Gasteiger partial charge in [0, 0.05) is 33.3 Å². The Morgan fingerprint density at radius 2 is 1.42 bits per heavy atom. The molecule has 0 aliphatic heterocycles. The molecular formula is C34H25N3O. The molecule has 0 aliphatic rings. The van der Waals surface area contributed by atoms with Crippen molar-refractivity contribution in [3.05, 3.63) is 108 Å². The molecule has 0 radical (unpaired) electrons. The van der Waals surface area contributed by atoms with Crippen molar-refractivity contribution in [1.82, 2.24) is 9.55 Å². The maximum Gasteiger partial charge on any atom is 0.160 e. The summed E-state index contributed by atoms with van der Waals surface area (Å²) < 4.78 is 9.04. The van der Waals surface area contributed by atoms with E-state index in [0.717, 1.165) is 55.1 Å².